The van der Waals surface area contributed by atoms with Gasteiger partial charge in [0.25, 0.3) is 0 Å². The lowest BCUT2D eigenvalue weighted by Crippen LogP contribution is -2.06. The molecule has 0 N–H and O–H groups in total. The van der Waals surface area contributed by atoms with Crippen molar-refractivity contribution in [2.75, 3.05) is 6.61 Å². The molecule has 0 unspecified atom stereocenters. The van der Waals surface area contributed by atoms with Gasteiger partial charge in [0.1, 0.15) is 11.4 Å². The van der Waals surface area contributed by atoms with E-state index in [1.807, 2.05) is 19.1 Å². The molecular weight excluding hydrogens is 236 g/mol. The molecule has 0 aliphatic rings. The summed E-state index contributed by atoms with van der Waals surface area (Å²) in [6.07, 6.45) is 2.38. The number of nitrogens with zero attached hydrogens (tertiary/aromatic N) is 2. The highest BCUT2D eigenvalue weighted by Gasteiger charge is 2.16. The molecule has 2 rings (SSSR count). The molecule has 0 saturated heterocycles. The second kappa shape index (κ2) is 5.54. The molecule has 5 heteroatoms. The number of carbonyl (C=O) groups excluding carboxylic acids is 1. The van der Waals surface area contributed by atoms with Gasteiger partial charge in [-0.25, -0.2) is 0 Å². The van der Waals surface area contributed by atoms with Crippen molar-refractivity contribution in [3.05, 3.63) is 41.7 Å². The topological polar surface area (TPSA) is 52.1 Å². The van der Waals surface area contributed by atoms with Crippen LogP contribution in [0.1, 0.15) is 29.4 Å². The quantitative estimate of drug-likeness (QED) is 0.763. The first-order chi connectivity index (χ1) is 8.33. The number of ether oxygens (including phenoxy) is 1. The predicted octanol–water partition coefficient (Wildman–Crippen LogP) is 2.56. The fourth-order valence-electron chi connectivity index (χ4n) is 1.39. The van der Waals surface area contributed by atoms with Gasteiger partial charge in [-0.15, -0.1) is 0 Å². The Hall–Kier alpha value is -1.75. The van der Waals surface area contributed by atoms with Crippen LogP contribution in [0.4, 0.5) is 0 Å². The van der Waals surface area contributed by atoms with Crippen LogP contribution in [0, 0.1) is 0 Å². The zero-order valence-corrected chi connectivity index (χ0v) is 10.2. The molecule has 1 aromatic carbocycles. The largest absolute Gasteiger partial charge is 0.493 e. The number of aromatic nitrogens is 2. The number of hydrogen-bond acceptors (Lipinski definition) is 5. The third-order valence-electron chi connectivity index (χ3n) is 2.19. The minimum Gasteiger partial charge on any atom is -0.493 e. The van der Waals surface area contributed by atoms with Crippen LogP contribution in [0.5, 0.6) is 5.75 Å². The average molecular weight is 248 g/mol. The van der Waals surface area contributed by atoms with Crippen LogP contribution in [0.2, 0.25) is 0 Å². The van der Waals surface area contributed by atoms with E-state index in [0.29, 0.717) is 23.6 Å². The van der Waals surface area contributed by atoms with Crippen molar-refractivity contribution in [2.24, 2.45) is 0 Å². The number of rotatable bonds is 5. The average Bonchev–Trinajstić information content (AvgIpc) is 2.89. The van der Waals surface area contributed by atoms with E-state index in [9.17, 15) is 4.79 Å². The zero-order valence-electron chi connectivity index (χ0n) is 9.42. The highest BCUT2D eigenvalue weighted by molar-refractivity contribution is 6.99. The molecule has 88 valence electrons. The number of carbonyl (C=O) groups is 1. The van der Waals surface area contributed by atoms with Gasteiger partial charge in [-0.1, -0.05) is 19.1 Å². The Morgan fingerprint density at radius 2 is 2.24 bits per heavy atom. The maximum absolute atomic E-state index is 12.1. The summed E-state index contributed by atoms with van der Waals surface area (Å²) in [5.41, 5.74) is 0.899. The Kier molecular flexibility index (Phi) is 3.82. The Morgan fingerprint density at radius 3 is 2.94 bits per heavy atom. The van der Waals surface area contributed by atoms with E-state index in [0.717, 1.165) is 18.1 Å². The summed E-state index contributed by atoms with van der Waals surface area (Å²) in [5.74, 6) is 0.456. The van der Waals surface area contributed by atoms with Gasteiger partial charge in [0.05, 0.1) is 30.1 Å². The third kappa shape index (κ3) is 2.68. The van der Waals surface area contributed by atoms with E-state index in [-0.39, 0.29) is 5.78 Å². The van der Waals surface area contributed by atoms with Gasteiger partial charge >= 0.3 is 0 Å². The van der Waals surface area contributed by atoms with Crippen molar-refractivity contribution in [3.8, 4) is 5.75 Å². The molecule has 0 amide bonds. The Balaban J connectivity index is 2.28. The first kappa shape index (κ1) is 11.7. The van der Waals surface area contributed by atoms with Gasteiger partial charge in [0, 0.05) is 0 Å². The standard InChI is InChI=1S/C12H12N2O2S/c1-2-7-16-11-6-4-3-5-9(11)12(15)10-8-13-17-14-10/h3-6,8H,2,7H2,1H3. The van der Waals surface area contributed by atoms with E-state index in [1.54, 1.807) is 12.1 Å². The molecule has 0 bridgehead atoms. The van der Waals surface area contributed by atoms with Crippen LogP contribution in [-0.2, 0) is 0 Å². The van der Waals surface area contributed by atoms with Crippen LogP contribution in [0.3, 0.4) is 0 Å². The lowest BCUT2D eigenvalue weighted by molar-refractivity contribution is 0.103. The molecule has 2 aromatic rings. The molecule has 1 heterocycles. The van der Waals surface area contributed by atoms with Crippen molar-refractivity contribution in [2.45, 2.75) is 13.3 Å². The number of para-hydroxylation sites is 1. The molecule has 0 spiro atoms. The van der Waals surface area contributed by atoms with Crippen molar-refractivity contribution in [1.82, 2.24) is 8.75 Å². The van der Waals surface area contributed by atoms with Gasteiger partial charge in [-0.05, 0) is 18.6 Å². The Labute approximate surface area is 104 Å². The highest BCUT2D eigenvalue weighted by atomic mass is 32.1. The smallest absolute Gasteiger partial charge is 0.217 e. The molecular formula is C12H12N2O2S. The third-order valence-corrected chi connectivity index (χ3v) is 2.67. The van der Waals surface area contributed by atoms with Crippen molar-refractivity contribution < 1.29 is 9.53 Å². The number of ketones is 1. The fraction of sp³-hybridized carbons (Fsp3) is 0.250. The van der Waals surface area contributed by atoms with Crippen LogP contribution < -0.4 is 4.74 Å². The normalized spacial score (nSPS) is 10.2. The van der Waals surface area contributed by atoms with E-state index >= 15 is 0 Å². The minimum absolute atomic E-state index is 0.148. The molecule has 0 atom stereocenters. The fourth-order valence-corrected chi connectivity index (χ4v) is 1.81. The summed E-state index contributed by atoms with van der Waals surface area (Å²) < 4.78 is 13.3. The van der Waals surface area contributed by atoms with Crippen LogP contribution in [-0.4, -0.2) is 21.1 Å². The lowest BCUT2D eigenvalue weighted by atomic mass is 10.1. The van der Waals surface area contributed by atoms with Gasteiger partial charge in [-0.3, -0.25) is 4.79 Å². The summed E-state index contributed by atoms with van der Waals surface area (Å²) in [7, 11) is 0. The van der Waals surface area contributed by atoms with Crippen LogP contribution >= 0.6 is 11.7 Å². The Morgan fingerprint density at radius 1 is 1.41 bits per heavy atom. The summed E-state index contributed by atoms with van der Waals surface area (Å²) in [6, 6.07) is 7.20. The first-order valence-electron chi connectivity index (χ1n) is 5.37. The van der Waals surface area contributed by atoms with Gasteiger partial charge in [-0.2, -0.15) is 8.75 Å². The van der Waals surface area contributed by atoms with Crippen LogP contribution in [0.15, 0.2) is 30.5 Å². The van der Waals surface area contributed by atoms with Crippen molar-refractivity contribution in [3.63, 3.8) is 0 Å². The first-order valence-corrected chi connectivity index (χ1v) is 6.10. The van der Waals surface area contributed by atoms with Gasteiger partial charge in [0.2, 0.25) is 5.78 Å². The molecule has 1 aromatic heterocycles. The zero-order chi connectivity index (χ0) is 12.1. The Bertz CT molecular complexity index is 497. The molecule has 0 aliphatic carbocycles. The monoisotopic (exact) mass is 248 g/mol. The molecule has 0 fully saturated rings. The number of hydrogen-bond donors (Lipinski definition) is 0. The van der Waals surface area contributed by atoms with Gasteiger partial charge in [0.15, 0.2) is 0 Å². The summed E-state index contributed by atoms with van der Waals surface area (Å²) in [5, 5.41) is 0. The molecule has 4 nitrogen and oxygen atoms in total. The second-order valence-corrected chi connectivity index (χ2v) is 4.02. The van der Waals surface area contributed by atoms with E-state index in [4.69, 9.17) is 4.74 Å². The van der Waals surface area contributed by atoms with Crippen LogP contribution in [0.25, 0.3) is 0 Å². The predicted molar refractivity (Wildman–Crippen MR) is 65.6 cm³/mol. The number of benzene rings is 1. The highest BCUT2D eigenvalue weighted by Crippen LogP contribution is 2.21. The summed E-state index contributed by atoms with van der Waals surface area (Å²) in [6.45, 7) is 2.62. The molecule has 0 radical (unpaired) electrons. The molecule has 17 heavy (non-hydrogen) atoms. The maximum Gasteiger partial charge on any atom is 0.217 e. The molecule has 0 saturated carbocycles. The van der Waals surface area contributed by atoms with Crippen molar-refractivity contribution in [1.29, 1.82) is 0 Å². The maximum atomic E-state index is 12.1. The van der Waals surface area contributed by atoms with Crippen molar-refractivity contribution >= 4 is 17.5 Å². The minimum atomic E-state index is -0.148. The molecule has 0 aliphatic heterocycles. The summed E-state index contributed by atoms with van der Waals surface area (Å²) in [4.78, 5) is 12.1. The lowest BCUT2D eigenvalue weighted by Gasteiger charge is -2.08. The van der Waals surface area contributed by atoms with Gasteiger partial charge < -0.3 is 4.74 Å². The van der Waals surface area contributed by atoms with E-state index in [2.05, 4.69) is 8.75 Å². The van der Waals surface area contributed by atoms with E-state index < -0.39 is 0 Å². The SMILES string of the molecule is CCCOc1ccccc1C(=O)c1cnsn1. The second-order valence-electron chi connectivity index (χ2n) is 3.47. The van der Waals surface area contributed by atoms with E-state index in [1.165, 1.54) is 6.20 Å². The summed E-state index contributed by atoms with van der Waals surface area (Å²) >= 11 is 1.02.